The Bertz CT molecular complexity index is 1470. The van der Waals surface area contributed by atoms with Crippen LogP contribution in [0.2, 0.25) is 0 Å². The number of rotatable bonds is 13. The molecule has 5 rings (SSSR count). The van der Waals surface area contributed by atoms with Crippen LogP contribution in [0.4, 0.5) is 5.69 Å². The van der Waals surface area contributed by atoms with Gasteiger partial charge in [0.05, 0.1) is 0 Å². The average molecular weight is 718 g/mol. The number of benzene rings is 1. The van der Waals surface area contributed by atoms with Crippen molar-refractivity contribution in [3.05, 3.63) is 41.5 Å². The van der Waals surface area contributed by atoms with E-state index in [1.165, 1.54) is 19.4 Å². The summed E-state index contributed by atoms with van der Waals surface area (Å²) in [6.45, 7) is 7.83. The molecule has 0 saturated heterocycles. The lowest BCUT2D eigenvalue weighted by molar-refractivity contribution is -0.193. The first-order valence-electron chi connectivity index (χ1n) is 17.6. The Morgan fingerprint density at radius 2 is 1.61 bits per heavy atom. The molecule has 4 aliphatic carbocycles. The van der Waals surface area contributed by atoms with Crippen LogP contribution in [0.5, 0.6) is 0 Å². The molecule has 1 aromatic carbocycles. The van der Waals surface area contributed by atoms with Gasteiger partial charge in [-0.2, -0.15) is 0 Å². The number of ether oxygens (including phenoxy) is 2. The average Bonchev–Trinajstić information content (AvgIpc) is 3.36. The monoisotopic (exact) mass is 716 g/mol. The summed E-state index contributed by atoms with van der Waals surface area (Å²) in [5.74, 6) is 0.00301. The fourth-order valence-corrected chi connectivity index (χ4v) is 10.3. The molecule has 0 aromatic heterocycles. The number of nitrogens with one attached hydrogen (secondary N) is 1. The molecule has 7 atom stereocenters. The maximum atomic E-state index is 13.5. The van der Waals surface area contributed by atoms with Gasteiger partial charge in [-0.3, -0.25) is 14.4 Å². The Morgan fingerprint density at radius 3 is 2.24 bits per heavy atom. The van der Waals surface area contributed by atoms with Gasteiger partial charge in [-0.25, -0.2) is 9.59 Å². The quantitative estimate of drug-likeness (QED) is 0.196. The zero-order chi connectivity index (χ0) is 35.6. The van der Waals surface area contributed by atoms with E-state index in [1.807, 2.05) is 30.3 Å². The zero-order valence-corrected chi connectivity index (χ0v) is 30.7. The number of esters is 2. The number of allylic oxidation sites excluding steroid dienone is 1. The number of hydrogen-bond acceptors (Lipinski definition) is 8. The van der Waals surface area contributed by atoms with E-state index in [-0.39, 0.29) is 29.3 Å². The normalized spacial score (nSPS) is 30.9. The Balaban J connectivity index is 1.24. The Hall–Kier alpha value is -2.91. The number of halogens is 2. The van der Waals surface area contributed by atoms with Gasteiger partial charge in [0.2, 0.25) is 5.91 Å². The smallest absolute Gasteiger partial charge is 0.345 e. The van der Waals surface area contributed by atoms with Gasteiger partial charge in [-0.05, 0) is 98.8 Å². The second kappa shape index (κ2) is 15.1. The lowest BCUT2D eigenvalue weighted by atomic mass is 9.46. The number of nitrogens with zero attached hydrogens (tertiary/aromatic N) is 1. The molecule has 1 N–H and O–H groups in total. The predicted octanol–water partition coefficient (Wildman–Crippen LogP) is 5.96. The van der Waals surface area contributed by atoms with E-state index in [2.05, 4.69) is 24.1 Å². The van der Waals surface area contributed by atoms with Crippen molar-refractivity contribution in [2.24, 2.45) is 28.6 Å². The summed E-state index contributed by atoms with van der Waals surface area (Å²) in [6.07, 6.45) is 8.19. The highest BCUT2D eigenvalue weighted by Crippen LogP contribution is 2.68. The first-order valence-corrected chi connectivity index (χ1v) is 18.7. The third-order valence-corrected chi connectivity index (χ3v) is 12.7. The molecule has 3 saturated carbocycles. The minimum absolute atomic E-state index is 0.00813. The van der Waals surface area contributed by atoms with E-state index < -0.39 is 41.5 Å². The molecular weight excluding hydrogens is 667 g/mol. The van der Waals surface area contributed by atoms with E-state index in [9.17, 15) is 24.0 Å². The summed E-state index contributed by atoms with van der Waals surface area (Å²) in [7, 11) is 0. The SMILES string of the molecule is CC(=O)NC(Cc1ccc(N(CCCl)CCCl)cc1)C(=O)OCC(=O)O[C@]1(C(C)=O)CC[C@H]2[C@@H]3CCC4=CC(=O)CC[C@]4(C)[C@H]3CC[C@@]21C. The molecule has 0 aliphatic heterocycles. The summed E-state index contributed by atoms with van der Waals surface area (Å²) in [5.41, 5.74) is 1.15. The molecule has 0 radical (unpaired) electrons. The number of carbonyl (C=O) groups excluding carboxylic acids is 5. The summed E-state index contributed by atoms with van der Waals surface area (Å²) in [6, 6.07) is 6.52. The van der Waals surface area contributed by atoms with Crippen molar-refractivity contribution < 1.29 is 33.4 Å². The molecule has 1 amide bonds. The number of hydrogen-bond donors (Lipinski definition) is 1. The van der Waals surface area contributed by atoms with Crippen molar-refractivity contribution >= 4 is 58.3 Å². The van der Waals surface area contributed by atoms with Gasteiger partial charge < -0.3 is 19.7 Å². The van der Waals surface area contributed by atoms with E-state index in [0.717, 1.165) is 49.8 Å². The first-order chi connectivity index (χ1) is 23.3. The van der Waals surface area contributed by atoms with E-state index in [0.29, 0.717) is 49.5 Å². The molecule has 268 valence electrons. The van der Waals surface area contributed by atoms with Crippen molar-refractivity contribution in [3.63, 3.8) is 0 Å². The largest absolute Gasteiger partial charge is 0.452 e. The van der Waals surface area contributed by atoms with Gasteiger partial charge >= 0.3 is 11.9 Å². The highest BCUT2D eigenvalue weighted by molar-refractivity contribution is 6.18. The molecule has 11 heteroatoms. The van der Waals surface area contributed by atoms with Crippen molar-refractivity contribution in [2.45, 2.75) is 97.1 Å². The fourth-order valence-electron chi connectivity index (χ4n) is 9.92. The van der Waals surface area contributed by atoms with Crippen LogP contribution >= 0.6 is 23.2 Å². The van der Waals surface area contributed by atoms with Gasteiger partial charge in [0.1, 0.15) is 6.04 Å². The molecule has 3 fully saturated rings. The van der Waals surface area contributed by atoms with Crippen LogP contribution < -0.4 is 10.2 Å². The third kappa shape index (κ3) is 7.30. The Morgan fingerprint density at radius 1 is 0.939 bits per heavy atom. The molecule has 4 aliphatic rings. The van der Waals surface area contributed by atoms with Crippen molar-refractivity contribution in [1.82, 2.24) is 5.32 Å². The van der Waals surface area contributed by atoms with Crippen LogP contribution in [0.3, 0.4) is 0 Å². The molecule has 0 bridgehead atoms. The minimum atomic E-state index is -1.30. The second-order valence-corrected chi connectivity index (χ2v) is 15.7. The summed E-state index contributed by atoms with van der Waals surface area (Å²) < 4.78 is 11.6. The van der Waals surface area contributed by atoms with Gasteiger partial charge in [-0.15, -0.1) is 23.2 Å². The van der Waals surface area contributed by atoms with Gasteiger partial charge in [-0.1, -0.05) is 31.6 Å². The number of anilines is 1. The van der Waals surface area contributed by atoms with E-state index in [1.54, 1.807) is 0 Å². The van der Waals surface area contributed by atoms with Crippen LogP contribution in [0.25, 0.3) is 0 Å². The Labute approximate surface area is 299 Å². The Kier molecular flexibility index (Phi) is 11.5. The number of Topliss-reactive ketones (excluding diaryl/α,β-unsaturated/α-hetero) is 1. The lowest BCUT2D eigenvalue weighted by Crippen LogP contribution is -2.59. The van der Waals surface area contributed by atoms with Crippen molar-refractivity contribution in [3.8, 4) is 0 Å². The first kappa shape index (κ1) is 37.3. The topological polar surface area (TPSA) is 119 Å². The van der Waals surface area contributed by atoms with Gasteiger partial charge in [0, 0.05) is 55.7 Å². The number of alkyl halides is 2. The number of amides is 1. The molecule has 0 heterocycles. The second-order valence-electron chi connectivity index (χ2n) is 14.9. The van der Waals surface area contributed by atoms with Crippen molar-refractivity contribution in [1.29, 1.82) is 0 Å². The summed E-state index contributed by atoms with van der Waals surface area (Å²) >= 11 is 11.9. The predicted molar refractivity (Wildman–Crippen MR) is 189 cm³/mol. The van der Waals surface area contributed by atoms with Crippen LogP contribution in [0, 0.1) is 28.6 Å². The highest BCUT2D eigenvalue weighted by atomic mass is 35.5. The van der Waals surface area contributed by atoms with Gasteiger partial charge in [0.25, 0.3) is 0 Å². The number of ketones is 2. The van der Waals surface area contributed by atoms with Crippen LogP contribution in [0.15, 0.2) is 35.9 Å². The maximum Gasteiger partial charge on any atom is 0.345 e. The molecular formula is C38H50Cl2N2O7. The third-order valence-electron chi connectivity index (χ3n) is 12.4. The van der Waals surface area contributed by atoms with Crippen molar-refractivity contribution in [2.75, 3.05) is 36.4 Å². The number of fused-ring (bicyclic) bond motifs is 5. The van der Waals surface area contributed by atoms with E-state index in [4.69, 9.17) is 32.7 Å². The molecule has 9 nitrogen and oxygen atoms in total. The highest BCUT2D eigenvalue weighted by Gasteiger charge is 2.68. The lowest BCUT2D eigenvalue weighted by Gasteiger charge is -2.59. The molecule has 1 unspecified atom stereocenters. The fraction of sp³-hybridized carbons (Fsp3) is 0.658. The molecule has 0 spiro atoms. The minimum Gasteiger partial charge on any atom is -0.452 e. The standard InChI is InChI=1S/C38H50Cl2N2O7/c1-24(43)38(16-13-32-30-10-7-27-22-29(45)11-14-36(27,3)31(30)12-15-37(32,38)4)49-34(46)23-48-35(47)33(41-25(2)44)21-26-5-8-28(9-6-26)42(19-17-39)20-18-40/h5-6,8-9,22,30-33H,7,10-21,23H2,1-4H3,(H,41,44)/t30-,31+,32+,33?,36+,37+,38+/m1/s1. The number of carbonyl (C=O) groups is 5. The zero-order valence-electron chi connectivity index (χ0n) is 29.2. The molecule has 1 aromatic rings. The summed E-state index contributed by atoms with van der Waals surface area (Å²) in [5, 5.41) is 2.64. The van der Waals surface area contributed by atoms with Crippen LogP contribution in [0.1, 0.15) is 84.6 Å². The summed E-state index contributed by atoms with van der Waals surface area (Å²) in [4.78, 5) is 66.4. The van der Waals surface area contributed by atoms with Crippen LogP contribution in [-0.2, 0) is 39.9 Å². The van der Waals surface area contributed by atoms with E-state index >= 15 is 0 Å². The van der Waals surface area contributed by atoms with Gasteiger partial charge in [0.15, 0.2) is 23.8 Å². The maximum absolute atomic E-state index is 13.5. The molecule has 49 heavy (non-hydrogen) atoms. The van der Waals surface area contributed by atoms with Crippen LogP contribution in [-0.4, -0.2) is 72.5 Å².